The number of rotatable bonds is 6. The van der Waals surface area contributed by atoms with E-state index in [4.69, 9.17) is 4.74 Å². The van der Waals surface area contributed by atoms with Gasteiger partial charge in [0.25, 0.3) is 0 Å². The minimum Gasteiger partial charge on any atom is -0.444 e. The molecule has 10 nitrogen and oxygen atoms in total. The van der Waals surface area contributed by atoms with E-state index < -0.39 is 15.4 Å². The Morgan fingerprint density at radius 1 is 1.14 bits per heavy atom. The predicted molar refractivity (Wildman–Crippen MR) is 132 cm³/mol. The third-order valence-electron chi connectivity index (χ3n) is 5.95. The molecule has 0 unspecified atom stereocenters. The molecule has 0 spiro atoms. The zero-order chi connectivity index (χ0) is 25.2. The van der Waals surface area contributed by atoms with Crippen molar-refractivity contribution in [2.45, 2.75) is 50.7 Å². The number of carbonyl (C=O) groups is 1. The van der Waals surface area contributed by atoms with E-state index in [1.165, 1.54) is 12.6 Å². The number of carbonyl (C=O) groups excluding carboxylic acids is 1. The number of likely N-dealkylation sites (tertiary alicyclic amines) is 1. The summed E-state index contributed by atoms with van der Waals surface area (Å²) in [6.45, 7) is 8.44. The van der Waals surface area contributed by atoms with E-state index in [-0.39, 0.29) is 11.0 Å². The Hall–Kier alpha value is -3.05. The lowest BCUT2D eigenvalue weighted by molar-refractivity contribution is 0.0184. The monoisotopic (exact) mass is 500 g/mol. The van der Waals surface area contributed by atoms with Gasteiger partial charge in [-0.2, -0.15) is 5.10 Å². The standard InChI is InChI=1S/C24H32N6O4S/c1-24(2,3)34-23(31)29-11-9-17(10-12-29)13-25-15-21-20-14-28-30(22(20)27-16-26-21)18-5-7-19(8-6-18)35(4,32)33/h5-8,14,16-17,25H,9-13,15H2,1-4H3. The van der Waals surface area contributed by atoms with E-state index in [0.717, 1.165) is 36.2 Å². The molecule has 0 radical (unpaired) electrons. The second kappa shape index (κ2) is 9.90. The van der Waals surface area contributed by atoms with Gasteiger partial charge in [-0.05, 0) is 70.3 Å². The van der Waals surface area contributed by atoms with Crippen molar-refractivity contribution in [3.8, 4) is 5.69 Å². The van der Waals surface area contributed by atoms with Gasteiger partial charge in [0.15, 0.2) is 15.5 Å². The summed E-state index contributed by atoms with van der Waals surface area (Å²) in [5, 5.41) is 8.78. The molecule has 4 rings (SSSR count). The topological polar surface area (TPSA) is 119 Å². The molecule has 1 saturated heterocycles. The van der Waals surface area contributed by atoms with Crippen molar-refractivity contribution in [3.05, 3.63) is 42.5 Å². The first-order valence-corrected chi connectivity index (χ1v) is 13.6. The molecule has 3 aromatic rings. The maximum Gasteiger partial charge on any atom is 0.410 e. The number of nitrogens with zero attached hydrogens (tertiary/aromatic N) is 5. The van der Waals surface area contributed by atoms with Crippen LogP contribution in [0.15, 0.2) is 41.7 Å². The highest BCUT2D eigenvalue weighted by molar-refractivity contribution is 7.90. The molecule has 188 valence electrons. The molecule has 0 atom stereocenters. The van der Waals surface area contributed by atoms with Crippen molar-refractivity contribution in [1.82, 2.24) is 30.0 Å². The molecule has 1 fully saturated rings. The minimum atomic E-state index is -3.26. The van der Waals surface area contributed by atoms with Crippen LogP contribution < -0.4 is 5.32 Å². The van der Waals surface area contributed by atoms with Crippen molar-refractivity contribution in [3.63, 3.8) is 0 Å². The Labute approximate surface area is 205 Å². The second-order valence-corrected chi connectivity index (χ2v) is 11.9. The highest BCUT2D eigenvalue weighted by Gasteiger charge is 2.26. The average molecular weight is 501 g/mol. The van der Waals surface area contributed by atoms with Gasteiger partial charge in [-0.3, -0.25) is 0 Å². The molecule has 35 heavy (non-hydrogen) atoms. The van der Waals surface area contributed by atoms with Crippen molar-refractivity contribution in [2.75, 3.05) is 25.9 Å². The molecule has 3 heterocycles. The molecule has 0 aliphatic carbocycles. The number of ether oxygens (including phenoxy) is 1. The third kappa shape index (κ3) is 6.15. The van der Waals surface area contributed by atoms with Gasteiger partial charge in [-0.15, -0.1) is 0 Å². The zero-order valence-corrected chi connectivity index (χ0v) is 21.4. The molecule has 1 amide bonds. The normalized spacial score (nSPS) is 15.5. The van der Waals surface area contributed by atoms with Gasteiger partial charge < -0.3 is 15.0 Å². The Morgan fingerprint density at radius 3 is 2.46 bits per heavy atom. The van der Waals surface area contributed by atoms with E-state index in [1.54, 1.807) is 40.0 Å². The van der Waals surface area contributed by atoms with Crippen molar-refractivity contribution in [1.29, 1.82) is 0 Å². The van der Waals surface area contributed by atoms with Crippen LogP contribution in [-0.4, -0.2) is 70.7 Å². The molecule has 11 heteroatoms. The van der Waals surface area contributed by atoms with Gasteiger partial charge >= 0.3 is 6.09 Å². The third-order valence-corrected chi connectivity index (χ3v) is 7.08. The lowest BCUT2D eigenvalue weighted by Crippen LogP contribution is -2.43. The highest BCUT2D eigenvalue weighted by Crippen LogP contribution is 2.21. The molecule has 1 N–H and O–H groups in total. The average Bonchev–Trinajstić information content (AvgIpc) is 3.23. The van der Waals surface area contributed by atoms with Gasteiger partial charge in [0.05, 0.1) is 27.9 Å². The second-order valence-electron chi connectivity index (χ2n) is 9.92. The zero-order valence-electron chi connectivity index (χ0n) is 20.6. The first kappa shape index (κ1) is 25.1. The lowest BCUT2D eigenvalue weighted by Gasteiger charge is -2.33. The summed E-state index contributed by atoms with van der Waals surface area (Å²) in [6.07, 6.45) is 6.04. The predicted octanol–water partition coefficient (Wildman–Crippen LogP) is 2.96. The summed E-state index contributed by atoms with van der Waals surface area (Å²) in [6, 6.07) is 6.56. The number of hydrogen-bond donors (Lipinski definition) is 1. The Bertz CT molecular complexity index is 1290. The van der Waals surface area contributed by atoms with Crippen LogP contribution in [-0.2, 0) is 21.1 Å². The van der Waals surface area contributed by atoms with Crippen LogP contribution >= 0.6 is 0 Å². The number of sulfone groups is 1. The largest absolute Gasteiger partial charge is 0.444 e. The summed E-state index contributed by atoms with van der Waals surface area (Å²) in [5.41, 5.74) is 1.75. The van der Waals surface area contributed by atoms with Crippen molar-refractivity contribution >= 4 is 27.0 Å². The minimum absolute atomic E-state index is 0.241. The number of nitrogens with one attached hydrogen (secondary N) is 1. The lowest BCUT2D eigenvalue weighted by atomic mass is 9.97. The van der Waals surface area contributed by atoms with Gasteiger partial charge in [0.2, 0.25) is 0 Å². The van der Waals surface area contributed by atoms with E-state index >= 15 is 0 Å². The van der Waals surface area contributed by atoms with Crippen LogP contribution in [0.25, 0.3) is 16.7 Å². The highest BCUT2D eigenvalue weighted by atomic mass is 32.2. The molecule has 1 aliphatic heterocycles. The van der Waals surface area contributed by atoms with Crippen LogP contribution in [0.3, 0.4) is 0 Å². The number of aromatic nitrogens is 4. The van der Waals surface area contributed by atoms with E-state index in [2.05, 4.69) is 20.4 Å². The van der Waals surface area contributed by atoms with Crippen LogP contribution in [0.1, 0.15) is 39.3 Å². The molecular formula is C24H32N6O4S. The van der Waals surface area contributed by atoms with Gasteiger partial charge in [0.1, 0.15) is 11.9 Å². The first-order valence-electron chi connectivity index (χ1n) is 11.7. The number of hydrogen-bond acceptors (Lipinski definition) is 8. The van der Waals surface area contributed by atoms with Crippen molar-refractivity contribution < 1.29 is 17.9 Å². The van der Waals surface area contributed by atoms with E-state index in [9.17, 15) is 13.2 Å². The molecule has 1 aromatic carbocycles. The van der Waals surface area contributed by atoms with Crippen LogP contribution in [0.5, 0.6) is 0 Å². The molecule has 0 saturated carbocycles. The molecule has 1 aliphatic rings. The quantitative estimate of drug-likeness (QED) is 0.549. The molecular weight excluding hydrogens is 468 g/mol. The van der Waals surface area contributed by atoms with E-state index in [1.807, 2.05) is 20.8 Å². The van der Waals surface area contributed by atoms with Crippen LogP contribution in [0.2, 0.25) is 0 Å². The fourth-order valence-electron chi connectivity index (χ4n) is 4.10. The Morgan fingerprint density at radius 2 is 1.83 bits per heavy atom. The fraction of sp³-hybridized carbons (Fsp3) is 0.500. The maximum atomic E-state index is 12.2. The summed E-state index contributed by atoms with van der Waals surface area (Å²) in [4.78, 5) is 23.1. The number of benzene rings is 1. The SMILES string of the molecule is CC(C)(C)OC(=O)N1CCC(CNCc2ncnc3c2cnn3-c2ccc(S(C)(=O)=O)cc2)CC1. The van der Waals surface area contributed by atoms with Crippen molar-refractivity contribution in [2.24, 2.45) is 5.92 Å². The van der Waals surface area contributed by atoms with Gasteiger partial charge in [0, 0.05) is 25.9 Å². The molecule has 0 bridgehead atoms. The number of piperidine rings is 1. The number of amides is 1. The van der Waals surface area contributed by atoms with Gasteiger partial charge in [-0.1, -0.05) is 0 Å². The van der Waals surface area contributed by atoms with Gasteiger partial charge in [-0.25, -0.2) is 27.9 Å². The summed E-state index contributed by atoms with van der Waals surface area (Å²) >= 11 is 0. The number of fused-ring (bicyclic) bond motifs is 1. The Kier molecular flexibility index (Phi) is 7.09. The van der Waals surface area contributed by atoms with Crippen LogP contribution in [0.4, 0.5) is 4.79 Å². The van der Waals surface area contributed by atoms with Crippen LogP contribution in [0, 0.1) is 5.92 Å². The molecule has 2 aromatic heterocycles. The summed E-state index contributed by atoms with van der Waals surface area (Å²) in [7, 11) is -3.26. The summed E-state index contributed by atoms with van der Waals surface area (Å²) < 4.78 is 30.6. The Balaban J connectivity index is 1.35. The first-order chi connectivity index (χ1) is 16.5. The summed E-state index contributed by atoms with van der Waals surface area (Å²) in [5.74, 6) is 0.474. The smallest absolute Gasteiger partial charge is 0.410 e. The maximum absolute atomic E-state index is 12.2. The fourth-order valence-corrected chi connectivity index (χ4v) is 4.73. The van der Waals surface area contributed by atoms with E-state index in [0.29, 0.717) is 31.2 Å².